The molecule has 16 aromatic carbocycles. The van der Waals surface area contributed by atoms with Gasteiger partial charge in [0.05, 0.1) is 89.8 Å². The number of nitriles is 1. The van der Waals surface area contributed by atoms with Crippen molar-refractivity contribution in [2.45, 2.75) is 65.1 Å². The Labute approximate surface area is 682 Å². The molecule has 0 bridgehead atoms. The normalized spacial score (nSPS) is 14.9. The molecule has 20 aromatic rings. The third-order valence-electron chi connectivity index (χ3n) is 23.7. The molecule has 0 fully saturated rings. The van der Waals surface area contributed by atoms with Gasteiger partial charge in [-0.15, -0.1) is 11.3 Å². The fraction of sp³-hybridized carbons (Fsp3) is 0.0935. The zero-order valence-electron chi connectivity index (χ0n) is 74.4. The van der Waals surface area contributed by atoms with Gasteiger partial charge in [0.2, 0.25) is 0 Å². The zero-order valence-corrected chi connectivity index (χ0v) is 64.2. The van der Waals surface area contributed by atoms with Crippen molar-refractivity contribution in [3.8, 4) is 67.6 Å². The molecule has 114 heavy (non-hydrogen) atoms. The highest BCUT2D eigenvalue weighted by atomic mass is 32.1. The van der Waals surface area contributed by atoms with E-state index in [4.69, 9.17) is 0 Å². The Balaban J connectivity index is 0.946. The summed E-state index contributed by atoms with van der Waals surface area (Å²) in [5, 5.41) is 16.2. The lowest BCUT2D eigenvalue weighted by Crippen LogP contribution is -2.30. The van der Waals surface area contributed by atoms with Crippen molar-refractivity contribution in [1.82, 2.24) is 13.7 Å². The number of hydrogen-bond donors (Lipinski definition) is 0. The van der Waals surface area contributed by atoms with Crippen LogP contribution in [0.1, 0.15) is 101 Å². The van der Waals surface area contributed by atoms with Gasteiger partial charge in [-0.1, -0.05) is 254 Å². The van der Waals surface area contributed by atoms with Crippen LogP contribution >= 0.6 is 11.3 Å². The molecule has 542 valence electrons. The minimum Gasteiger partial charge on any atom is -0.310 e. The summed E-state index contributed by atoms with van der Waals surface area (Å²) in [6.07, 6.45) is 0. The molecular formula is C107H78N6S. The molecule has 0 radical (unpaired) electrons. The number of aromatic nitrogens is 3. The van der Waals surface area contributed by atoms with E-state index >= 15 is 0 Å². The summed E-state index contributed by atoms with van der Waals surface area (Å²) < 4.78 is 115. The second-order valence-corrected chi connectivity index (χ2v) is 33.3. The second-order valence-electron chi connectivity index (χ2n) is 32.3. The van der Waals surface area contributed by atoms with Crippen LogP contribution in [-0.4, -0.2) is 13.7 Å². The standard InChI is InChI=1S/C107H78N6S/c1-65-55-88(82-35-24-34-81-80-33-18-23-40-101(80)114-105(81)82)102(98(56-65)112-91-38-21-15-30-77(91)78-31-16-22-39-92(78)112)70-58-99-104-100(59-70)113(89-36-19-14-29-76(89)69-27-12-9-13-28-69)97-63-75(111-94-53-44-71(106(2,3)4)60-86(94)87-61-72(107(5,6)7)45-54-95(87)111)49-51-84(97)103(104)83-50-48-74(110-90-37-20-17-32-79(90)85-57-66(64-108)41-52-93(85)110)62-96(83)109(99)73-46-42-68(43-47-73)67-25-10-8-11-26-67/h8-63,103H,1-7H3/i1D3,15D,16D,21D,22D,30D,31D,38D,39D. The van der Waals surface area contributed by atoms with E-state index in [1.54, 1.807) is 23.5 Å². The topological polar surface area (TPSA) is 45.1 Å². The summed E-state index contributed by atoms with van der Waals surface area (Å²) in [4.78, 5) is 4.75. The van der Waals surface area contributed by atoms with Crippen molar-refractivity contribution in [3.05, 3.63) is 378 Å². The van der Waals surface area contributed by atoms with Gasteiger partial charge in [0, 0.05) is 102 Å². The molecule has 0 saturated heterocycles. The van der Waals surface area contributed by atoms with E-state index in [9.17, 15) is 20.3 Å². The van der Waals surface area contributed by atoms with Crippen LogP contribution in [-0.2, 0) is 10.8 Å². The van der Waals surface area contributed by atoms with Gasteiger partial charge in [0.1, 0.15) is 0 Å². The predicted molar refractivity (Wildman–Crippen MR) is 481 cm³/mol. The van der Waals surface area contributed by atoms with Crippen LogP contribution in [0, 0.1) is 18.2 Å². The van der Waals surface area contributed by atoms with Crippen molar-refractivity contribution < 1.29 is 15.1 Å². The minimum atomic E-state index is -2.87. The van der Waals surface area contributed by atoms with Gasteiger partial charge < -0.3 is 23.5 Å². The molecule has 22 rings (SSSR count). The molecule has 1 unspecified atom stereocenters. The third kappa shape index (κ3) is 10.3. The third-order valence-corrected chi connectivity index (χ3v) is 24.9. The number of anilines is 6. The lowest BCUT2D eigenvalue weighted by molar-refractivity contribution is 0.590. The minimum absolute atomic E-state index is 0.0824. The molecule has 4 aromatic heterocycles. The van der Waals surface area contributed by atoms with Crippen LogP contribution in [0.25, 0.3) is 147 Å². The maximum Gasteiger partial charge on any atom is 0.0991 e. The van der Waals surface area contributed by atoms with Gasteiger partial charge in [0.25, 0.3) is 0 Å². The molecule has 2 aliphatic heterocycles. The zero-order chi connectivity index (χ0) is 86.0. The number of fused-ring (bicyclic) bond motifs is 16. The number of hydrogen-bond acceptors (Lipinski definition) is 4. The van der Waals surface area contributed by atoms with Crippen LogP contribution in [0.4, 0.5) is 34.1 Å². The van der Waals surface area contributed by atoms with Gasteiger partial charge in [-0.2, -0.15) is 5.26 Å². The van der Waals surface area contributed by atoms with Crippen LogP contribution in [0.5, 0.6) is 0 Å². The van der Waals surface area contributed by atoms with E-state index in [-0.39, 0.29) is 43.9 Å². The highest BCUT2D eigenvalue weighted by Gasteiger charge is 2.43. The van der Waals surface area contributed by atoms with Crippen molar-refractivity contribution >= 4 is 131 Å². The molecule has 2 aliphatic rings. The number of aryl methyl sites for hydroxylation is 1. The highest BCUT2D eigenvalue weighted by Crippen LogP contribution is 2.64. The van der Waals surface area contributed by atoms with Crippen molar-refractivity contribution in [2.75, 3.05) is 9.80 Å². The van der Waals surface area contributed by atoms with Crippen LogP contribution in [0.15, 0.2) is 340 Å². The number of para-hydroxylation sites is 4. The lowest BCUT2D eigenvalue weighted by atomic mass is 9.74. The molecule has 0 spiro atoms. The monoisotopic (exact) mass is 1490 g/mol. The molecule has 0 amide bonds. The van der Waals surface area contributed by atoms with Crippen molar-refractivity contribution in [2.24, 2.45) is 0 Å². The number of benzene rings is 16. The van der Waals surface area contributed by atoms with Crippen LogP contribution in [0.2, 0.25) is 0 Å². The highest BCUT2D eigenvalue weighted by molar-refractivity contribution is 7.26. The first kappa shape index (κ1) is 56.4. The summed E-state index contributed by atoms with van der Waals surface area (Å²) in [6.45, 7) is 10.7. The summed E-state index contributed by atoms with van der Waals surface area (Å²) in [5.41, 5.74) is 21.4. The Morgan fingerprint density at radius 1 is 0.351 bits per heavy atom. The number of nitrogens with zero attached hydrogens (tertiary/aromatic N) is 6. The first-order valence-corrected chi connectivity index (χ1v) is 39.5. The molecule has 0 aliphatic carbocycles. The van der Waals surface area contributed by atoms with E-state index in [0.29, 0.717) is 27.8 Å². The van der Waals surface area contributed by atoms with E-state index in [1.165, 1.54) is 15.7 Å². The summed E-state index contributed by atoms with van der Waals surface area (Å²) in [7, 11) is 0. The Morgan fingerprint density at radius 2 is 0.877 bits per heavy atom. The Morgan fingerprint density at radius 3 is 1.53 bits per heavy atom. The summed E-state index contributed by atoms with van der Waals surface area (Å²) in [6, 6.07) is 99.2. The van der Waals surface area contributed by atoms with Gasteiger partial charge in [-0.05, 0) is 201 Å². The molecule has 6 nitrogen and oxygen atoms in total. The number of rotatable bonds is 9. The molecule has 7 heteroatoms. The average Bonchev–Trinajstić information content (AvgIpc) is 1.66. The molecular weight excluding hydrogens is 1400 g/mol. The van der Waals surface area contributed by atoms with E-state index in [2.05, 4.69) is 267 Å². The van der Waals surface area contributed by atoms with E-state index < -0.39 is 61.1 Å². The largest absolute Gasteiger partial charge is 0.310 e. The van der Waals surface area contributed by atoms with Gasteiger partial charge in [-0.25, -0.2) is 0 Å². The maximum absolute atomic E-state index is 10.5. The number of thiophene rings is 1. The van der Waals surface area contributed by atoms with Gasteiger partial charge >= 0.3 is 0 Å². The molecule has 0 N–H and O–H groups in total. The van der Waals surface area contributed by atoms with Gasteiger partial charge in [0.15, 0.2) is 0 Å². The fourth-order valence-corrected chi connectivity index (χ4v) is 19.6. The van der Waals surface area contributed by atoms with Gasteiger partial charge in [-0.3, -0.25) is 0 Å². The molecule has 6 heterocycles. The predicted octanol–water partition coefficient (Wildman–Crippen LogP) is 29.5. The first-order valence-electron chi connectivity index (χ1n) is 44.2. The quantitative estimate of drug-likeness (QED) is 0.145. The Hall–Kier alpha value is -13.8. The van der Waals surface area contributed by atoms with E-state index in [0.717, 1.165) is 148 Å². The second kappa shape index (κ2) is 25.4. The van der Waals surface area contributed by atoms with Crippen LogP contribution in [0.3, 0.4) is 0 Å². The maximum atomic E-state index is 10.5. The fourth-order valence-electron chi connectivity index (χ4n) is 18.4. The first-order chi connectivity index (χ1) is 60.2. The molecule has 0 saturated carbocycles. The Bertz CT molecular complexity index is 7970. The summed E-state index contributed by atoms with van der Waals surface area (Å²) >= 11 is 1.57. The van der Waals surface area contributed by atoms with E-state index in [1.807, 2.05) is 78.9 Å². The Kier molecular flexibility index (Phi) is 12.6. The average molecular weight is 1490 g/mol. The van der Waals surface area contributed by atoms with Crippen molar-refractivity contribution in [1.29, 1.82) is 5.26 Å². The SMILES string of the molecule is [2H]c1c([2H])c([2H])c2c(c1[2H])c1c([2H])c([2H])c([2H])c([2H])c1n2-c1cc(C([2H])([2H])[2H])cc(-c2cccc3c2sc2ccccc23)c1-c1cc2c3c(c1)N(c1ccccc1-c1ccccc1)c1cc(-n4c5ccc(C(C)(C)C)cc5c5cc(C(C)(C)C)ccc54)ccc1C3c1ccc(-n3c4ccccc4c4cc(C#N)ccc43)cc1N2c1ccc(-c2ccccc2)cc1. The summed E-state index contributed by atoms with van der Waals surface area (Å²) in [5.74, 6) is -0.561. The smallest absolute Gasteiger partial charge is 0.0991 e. The van der Waals surface area contributed by atoms with Crippen molar-refractivity contribution in [3.63, 3.8) is 0 Å². The lowest BCUT2D eigenvalue weighted by Gasteiger charge is -2.46. The molecule has 1 atom stereocenters. The van der Waals surface area contributed by atoms with Crippen LogP contribution < -0.4 is 9.80 Å².